The SMILES string of the molecule is CCN(Cc1cc(OC)ccc1-c1cn(CC(=O)O)c2ccc(C(F)(F)F)cc12)C(=O)C1CC1. The van der Waals surface area contributed by atoms with Crippen LogP contribution in [0, 0.1) is 5.92 Å². The minimum atomic E-state index is -4.54. The Morgan fingerprint density at radius 1 is 1.15 bits per heavy atom. The summed E-state index contributed by atoms with van der Waals surface area (Å²) in [5.74, 6) is -0.464. The second-order valence-corrected chi connectivity index (χ2v) is 8.44. The molecule has 9 heteroatoms. The first-order valence-corrected chi connectivity index (χ1v) is 11.0. The van der Waals surface area contributed by atoms with Gasteiger partial charge in [0.05, 0.1) is 12.7 Å². The van der Waals surface area contributed by atoms with Crippen molar-refractivity contribution in [1.29, 1.82) is 0 Å². The van der Waals surface area contributed by atoms with Crippen molar-refractivity contribution in [3.63, 3.8) is 0 Å². The lowest BCUT2D eigenvalue weighted by Gasteiger charge is -2.23. The molecular weight excluding hydrogens is 449 g/mol. The zero-order chi connectivity index (χ0) is 24.6. The summed E-state index contributed by atoms with van der Waals surface area (Å²) in [5.41, 5.74) is 1.37. The number of ether oxygens (including phenoxy) is 1. The predicted molar refractivity (Wildman–Crippen MR) is 120 cm³/mol. The fourth-order valence-corrected chi connectivity index (χ4v) is 4.19. The maximum absolute atomic E-state index is 13.5. The van der Waals surface area contributed by atoms with E-state index in [1.165, 1.54) is 17.7 Å². The smallest absolute Gasteiger partial charge is 0.416 e. The first-order chi connectivity index (χ1) is 16.1. The standard InChI is InChI=1S/C25H25F3N2O4/c1-3-29(24(33)15-4-5-15)12-16-10-18(34-2)7-8-19(16)21-13-30(14-23(31)32)22-9-6-17(11-20(21)22)25(26,27)28/h6-11,13,15H,3-5,12,14H2,1-2H3,(H,31,32). The van der Waals surface area contributed by atoms with E-state index in [9.17, 15) is 27.9 Å². The van der Waals surface area contributed by atoms with Gasteiger partial charge < -0.3 is 19.3 Å². The van der Waals surface area contributed by atoms with Crippen LogP contribution < -0.4 is 4.74 Å². The highest BCUT2D eigenvalue weighted by molar-refractivity contribution is 5.98. The van der Waals surface area contributed by atoms with Crippen LogP contribution in [0.4, 0.5) is 13.2 Å². The molecule has 0 aliphatic heterocycles. The van der Waals surface area contributed by atoms with Gasteiger partial charge in [-0.2, -0.15) is 13.2 Å². The molecule has 1 heterocycles. The molecule has 1 amide bonds. The molecule has 2 aromatic carbocycles. The number of alkyl halides is 3. The van der Waals surface area contributed by atoms with E-state index in [1.54, 1.807) is 29.3 Å². The number of methoxy groups -OCH3 is 1. The van der Waals surface area contributed by atoms with E-state index >= 15 is 0 Å². The lowest BCUT2D eigenvalue weighted by Crippen LogP contribution is -2.31. The van der Waals surface area contributed by atoms with E-state index in [2.05, 4.69) is 0 Å². The van der Waals surface area contributed by atoms with E-state index in [0.29, 0.717) is 39.9 Å². The molecule has 1 aliphatic rings. The molecule has 0 unspecified atom stereocenters. The Morgan fingerprint density at radius 2 is 1.88 bits per heavy atom. The van der Waals surface area contributed by atoms with Crippen molar-refractivity contribution in [3.8, 4) is 16.9 Å². The first-order valence-electron chi connectivity index (χ1n) is 11.0. The normalized spacial score (nSPS) is 13.8. The number of nitrogens with zero attached hydrogens (tertiary/aromatic N) is 2. The molecule has 1 fully saturated rings. The minimum absolute atomic E-state index is 0.0285. The Bertz CT molecular complexity index is 1240. The summed E-state index contributed by atoms with van der Waals surface area (Å²) in [4.78, 5) is 25.9. The Balaban J connectivity index is 1.88. The molecule has 0 saturated heterocycles. The zero-order valence-electron chi connectivity index (χ0n) is 18.9. The topological polar surface area (TPSA) is 71.8 Å². The van der Waals surface area contributed by atoms with Crippen molar-refractivity contribution in [2.75, 3.05) is 13.7 Å². The maximum Gasteiger partial charge on any atom is 0.416 e. The number of aliphatic carboxylic acids is 1. The average molecular weight is 474 g/mol. The van der Waals surface area contributed by atoms with Gasteiger partial charge in [-0.1, -0.05) is 6.07 Å². The molecule has 0 atom stereocenters. The molecule has 6 nitrogen and oxygen atoms in total. The third-order valence-electron chi connectivity index (χ3n) is 6.10. The van der Waals surface area contributed by atoms with E-state index in [4.69, 9.17) is 4.74 Å². The van der Waals surface area contributed by atoms with Crippen LogP contribution in [0.25, 0.3) is 22.0 Å². The van der Waals surface area contributed by atoms with E-state index in [-0.39, 0.29) is 18.4 Å². The zero-order valence-corrected chi connectivity index (χ0v) is 18.9. The molecular formula is C25H25F3N2O4. The van der Waals surface area contributed by atoms with Crippen LogP contribution in [-0.4, -0.2) is 40.1 Å². The summed E-state index contributed by atoms with van der Waals surface area (Å²) in [7, 11) is 1.51. The molecule has 1 aliphatic carbocycles. The van der Waals surface area contributed by atoms with Crippen molar-refractivity contribution >= 4 is 22.8 Å². The van der Waals surface area contributed by atoms with Gasteiger partial charge in [0.15, 0.2) is 0 Å². The van der Waals surface area contributed by atoms with Gasteiger partial charge >= 0.3 is 12.1 Å². The van der Waals surface area contributed by atoms with E-state index in [0.717, 1.165) is 25.0 Å². The number of carboxylic acids is 1. The van der Waals surface area contributed by atoms with Gasteiger partial charge in [-0.3, -0.25) is 9.59 Å². The number of carbonyl (C=O) groups excluding carboxylic acids is 1. The van der Waals surface area contributed by atoms with Gasteiger partial charge in [-0.25, -0.2) is 0 Å². The number of aromatic nitrogens is 1. The fourth-order valence-electron chi connectivity index (χ4n) is 4.19. The third-order valence-corrected chi connectivity index (χ3v) is 6.10. The summed E-state index contributed by atoms with van der Waals surface area (Å²) in [6.45, 7) is 2.25. The maximum atomic E-state index is 13.5. The van der Waals surface area contributed by atoms with Crippen molar-refractivity contribution in [3.05, 3.63) is 53.7 Å². The number of hydrogen-bond acceptors (Lipinski definition) is 3. The number of benzene rings is 2. The lowest BCUT2D eigenvalue weighted by molar-refractivity contribution is -0.138. The van der Waals surface area contributed by atoms with Crippen LogP contribution in [0.5, 0.6) is 5.75 Å². The van der Waals surface area contributed by atoms with Crippen LogP contribution in [0.2, 0.25) is 0 Å². The molecule has 4 rings (SSSR count). The highest BCUT2D eigenvalue weighted by Crippen LogP contribution is 2.39. The first kappa shape index (κ1) is 23.7. The molecule has 34 heavy (non-hydrogen) atoms. The van der Waals surface area contributed by atoms with Crippen molar-refractivity contribution in [2.24, 2.45) is 5.92 Å². The van der Waals surface area contributed by atoms with Gasteiger partial charge in [0.25, 0.3) is 0 Å². The van der Waals surface area contributed by atoms with Crippen LogP contribution >= 0.6 is 0 Å². The van der Waals surface area contributed by atoms with Gasteiger partial charge in [0.2, 0.25) is 5.91 Å². The highest BCUT2D eigenvalue weighted by Gasteiger charge is 2.34. The number of halogens is 3. The number of rotatable bonds is 8. The van der Waals surface area contributed by atoms with E-state index < -0.39 is 24.3 Å². The van der Waals surface area contributed by atoms with Crippen LogP contribution in [0.1, 0.15) is 30.9 Å². The van der Waals surface area contributed by atoms with Crippen LogP contribution in [-0.2, 0) is 28.9 Å². The lowest BCUT2D eigenvalue weighted by atomic mass is 9.97. The van der Waals surface area contributed by atoms with Crippen LogP contribution in [0.15, 0.2) is 42.6 Å². The molecule has 3 aromatic rings. The number of fused-ring (bicyclic) bond motifs is 1. The monoisotopic (exact) mass is 474 g/mol. The molecule has 0 spiro atoms. The highest BCUT2D eigenvalue weighted by atomic mass is 19.4. The molecule has 0 bridgehead atoms. The Morgan fingerprint density at radius 3 is 2.47 bits per heavy atom. The summed E-state index contributed by atoms with van der Waals surface area (Å²) < 4.78 is 47.2. The molecule has 1 N–H and O–H groups in total. The molecule has 1 aromatic heterocycles. The number of amides is 1. The molecule has 180 valence electrons. The van der Waals surface area contributed by atoms with Gasteiger partial charge in [-0.05, 0) is 61.2 Å². The average Bonchev–Trinajstić information content (AvgIpc) is 3.59. The van der Waals surface area contributed by atoms with Gasteiger partial charge in [-0.15, -0.1) is 0 Å². The minimum Gasteiger partial charge on any atom is -0.497 e. The van der Waals surface area contributed by atoms with Crippen molar-refractivity contribution in [2.45, 2.75) is 39.0 Å². The number of hydrogen-bond donors (Lipinski definition) is 1. The molecule has 1 saturated carbocycles. The quantitative estimate of drug-likeness (QED) is 0.489. The number of carboxylic acid groups (broad SMARTS) is 1. The third kappa shape index (κ3) is 4.73. The Hall–Kier alpha value is -3.49. The second-order valence-electron chi connectivity index (χ2n) is 8.44. The predicted octanol–water partition coefficient (Wildman–Crippen LogP) is 5.18. The van der Waals surface area contributed by atoms with Crippen molar-refractivity contribution < 1.29 is 32.6 Å². The Labute approximate surface area is 194 Å². The van der Waals surface area contributed by atoms with Gasteiger partial charge in [0, 0.05) is 41.7 Å². The number of carbonyl (C=O) groups is 2. The summed E-state index contributed by atoms with van der Waals surface area (Å²) in [5, 5.41) is 9.61. The Kier molecular flexibility index (Phi) is 6.29. The molecule has 0 radical (unpaired) electrons. The van der Waals surface area contributed by atoms with Crippen molar-refractivity contribution in [1.82, 2.24) is 9.47 Å². The largest absolute Gasteiger partial charge is 0.497 e. The fraction of sp³-hybridized carbons (Fsp3) is 0.360. The second kappa shape index (κ2) is 9.04. The van der Waals surface area contributed by atoms with E-state index in [1.807, 2.05) is 6.92 Å². The van der Waals surface area contributed by atoms with Gasteiger partial charge in [0.1, 0.15) is 12.3 Å². The van der Waals surface area contributed by atoms with Crippen LogP contribution in [0.3, 0.4) is 0 Å². The summed E-state index contributed by atoms with van der Waals surface area (Å²) in [6, 6.07) is 8.50. The summed E-state index contributed by atoms with van der Waals surface area (Å²) in [6.07, 6.45) is -1.26. The summed E-state index contributed by atoms with van der Waals surface area (Å²) >= 11 is 0.